The number of hydrogen-bond donors (Lipinski definition) is 1. The smallest absolute Gasteiger partial charge is 0.138 e. The van der Waals surface area contributed by atoms with Crippen LogP contribution in [0.4, 0.5) is 0 Å². The molecule has 0 radical (unpaired) electrons. The van der Waals surface area contributed by atoms with E-state index in [0.717, 1.165) is 29.3 Å². The van der Waals surface area contributed by atoms with Gasteiger partial charge in [0.15, 0.2) is 0 Å². The molecule has 0 saturated heterocycles. The fraction of sp³-hybridized carbons (Fsp3) is 0.333. The van der Waals surface area contributed by atoms with Crippen LogP contribution in [0.1, 0.15) is 24.0 Å². The van der Waals surface area contributed by atoms with Gasteiger partial charge in [-0.2, -0.15) is 0 Å². The Kier molecular flexibility index (Phi) is 3.01. The lowest BCUT2D eigenvalue weighted by Crippen LogP contribution is -2.05. The Morgan fingerprint density at radius 3 is 2.88 bits per heavy atom. The molecule has 4 heteroatoms. The molecule has 0 saturated carbocycles. The molecule has 0 unspecified atom stereocenters. The van der Waals surface area contributed by atoms with Crippen molar-refractivity contribution >= 4 is 0 Å². The molecule has 16 heavy (non-hydrogen) atoms. The van der Waals surface area contributed by atoms with Gasteiger partial charge in [0, 0.05) is 31.1 Å². The normalized spacial score (nSPS) is 10.7. The molecule has 0 aliphatic carbocycles. The third-order valence-electron chi connectivity index (χ3n) is 2.52. The second-order valence-electron chi connectivity index (χ2n) is 3.75. The lowest BCUT2D eigenvalue weighted by molar-refractivity contribution is 0.857. The number of rotatable bonds is 3. The third-order valence-corrected chi connectivity index (χ3v) is 2.52. The monoisotopic (exact) mass is 216 g/mol. The minimum absolute atomic E-state index is 0.534. The van der Waals surface area contributed by atoms with Crippen LogP contribution in [0.3, 0.4) is 0 Å². The maximum atomic E-state index is 5.66. The Morgan fingerprint density at radius 1 is 1.38 bits per heavy atom. The highest BCUT2D eigenvalue weighted by molar-refractivity contribution is 5.32. The van der Waals surface area contributed by atoms with E-state index in [9.17, 15) is 0 Å². The molecule has 2 rings (SSSR count). The predicted molar refractivity (Wildman–Crippen MR) is 63.4 cm³/mol. The van der Waals surface area contributed by atoms with Crippen LogP contribution in [0.2, 0.25) is 0 Å². The van der Waals surface area contributed by atoms with Gasteiger partial charge in [-0.05, 0) is 24.6 Å². The standard InChI is InChI=1S/C12H16N4/c1-3-11-14-4-5-16(11)12-7-10(8-13)6-9(2)15-12/h4-7H,3,8,13H2,1-2H3. The molecular weight excluding hydrogens is 200 g/mol. The van der Waals surface area contributed by atoms with E-state index >= 15 is 0 Å². The molecule has 0 spiro atoms. The Morgan fingerprint density at radius 2 is 2.19 bits per heavy atom. The molecule has 2 N–H and O–H groups in total. The van der Waals surface area contributed by atoms with Crippen LogP contribution in [0.5, 0.6) is 0 Å². The molecule has 2 aromatic heterocycles. The molecule has 4 nitrogen and oxygen atoms in total. The van der Waals surface area contributed by atoms with Gasteiger partial charge < -0.3 is 5.73 Å². The Hall–Kier alpha value is -1.68. The summed E-state index contributed by atoms with van der Waals surface area (Å²) in [6.45, 7) is 4.59. The summed E-state index contributed by atoms with van der Waals surface area (Å²) in [4.78, 5) is 8.79. The van der Waals surface area contributed by atoms with E-state index in [1.807, 2.05) is 29.8 Å². The molecule has 2 aromatic rings. The fourth-order valence-corrected chi connectivity index (χ4v) is 1.77. The van der Waals surface area contributed by atoms with Crippen LogP contribution in [-0.2, 0) is 13.0 Å². The molecule has 84 valence electrons. The molecule has 0 aromatic carbocycles. The van der Waals surface area contributed by atoms with Crippen LogP contribution < -0.4 is 5.73 Å². The highest BCUT2D eigenvalue weighted by Crippen LogP contribution is 2.12. The maximum absolute atomic E-state index is 5.66. The summed E-state index contributed by atoms with van der Waals surface area (Å²) in [5.41, 5.74) is 7.73. The number of aryl methyl sites for hydroxylation is 2. The highest BCUT2D eigenvalue weighted by Gasteiger charge is 2.05. The summed E-state index contributed by atoms with van der Waals surface area (Å²) < 4.78 is 2.01. The van der Waals surface area contributed by atoms with E-state index < -0.39 is 0 Å². The molecule has 2 heterocycles. The van der Waals surface area contributed by atoms with Crippen LogP contribution >= 0.6 is 0 Å². The van der Waals surface area contributed by atoms with Crippen molar-refractivity contribution in [3.05, 3.63) is 41.6 Å². The molecule has 0 bridgehead atoms. The Bertz CT molecular complexity index is 488. The first-order chi connectivity index (χ1) is 7.74. The highest BCUT2D eigenvalue weighted by atomic mass is 15.1. The SMILES string of the molecule is CCc1nccn1-c1cc(CN)cc(C)n1. The molecule has 0 fully saturated rings. The molecule has 0 aliphatic heterocycles. The molecule has 0 amide bonds. The second-order valence-corrected chi connectivity index (χ2v) is 3.75. The summed E-state index contributed by atoms with van der Waals surface area (Å²) in [6.07, 6.45) is 4.62. The topological polar surface area (TPSA) is 56.7 Å². The van der Waals surface area contributed by atoms with E-state index in [4.69, 9.17) is 5.73 Å². The van der Waals surface area contributed by atoms with Crippen molar-refractivity contribution in [2.24, 2.45) is 5.73 Å². The quantitative estimate of drug-likeness (QED) is 0.847. The molecule has 0 atom stereocenters. The number of nitrogens with zero attached hydrogens (tertiary/aromatic N) is 3. The van der Waals surface area contributed by atoms with Crippen LogP contribution in [0.15, 0.2) is 24.5 Å². The van der Waals surface area contributed by atoms with E-state index in [-0.39, 0.29) is 0 Å². The summed E-state index contributed by atoms with van der Waals surface area (Å²) in [5, 5.41) is 0. The van der Waals surface area contributed by atoms with Crippen LogP contribution in [-0.4, -0.2) is 14.5 Å². The van der Waals surface area contributed by atoms with Gasteiger partial charge >= 0.3 is 0 Å². The van der Waals surface area contributed by atoms with Crippen LogP contribution in [0.25, 0.3) is 5.82 Å². The van der Waals surface area contributed by atoms with Crippen molar-refractivity contribution < 1.29 is 0 Å². The Labute approximate surface area is 95.1 Å². The van der Waals surface area contributed by atoms with Crippen molar-refractivity contribution in [2.45, 2.75) is 26.8 Å². The number of pyridine rings is 1. The minimum atomic E-state index is 0.534. The van der Waals surface area contributed by atoms with Gasteiger partial charge in [-0.25, -0.2) is 9.97 Å². The second kappa shape index (κ2) is 4.45. The number of imidazole rings is 1. The lowest BCUT2D eigenvalue weighted by atomic mass is 10.2. The van der Waals surface area contributed by atoms with Crippen molar-refractivity contribution in [3.8, 4) is 5.82 Å². The first kappa shape index (κ1) is 10.8. The van der Waals surface area contributed by atoms with Gasteiger partial charge in [-0.1, -0.05) is 6.92 Å². The zero-order valence-corrected chi connectivity index (χ0v) is 9.64. The number of aromatic nitrogens is 3. The fourth-order valence-electron chi connectivity index (χ4n) is 1.77. The van der Waals surface area contributed by atoms with Gasteiger partial charge in [-0.3, -0.25) is 4.57 Å². The lowest BCUT2D eigenvalue weighted by Gasteiger charge is -2.08. The van der Waals surface area contributed by atoms with Gasteiger partial charge in [0.2, 0.25) is 0 Å². The zero-order chi connectivity index (χ0) is 11.5. The third kappa shape index (κ3) is 1.97. The van der Waals surface area contributed by atoms with Crippen molar-refractivity contribution in [1.29, 1.82) is 0 Å². The average Bonchev–Trinajstić information content (AvgIpc) is 2.76. The van der Waals surface area contributed by atoms with Gasteiger partial charge in [0.05, 0.1) is 0 Å². The van der Waals surface area contributed by atoms with Crippen molar-refractivity contribution in [3.63, 3.8) is 0 Å². The van der Waals surface area contributed by atoms with Crippen molar-refractivity contribution in [1.82, 2.24) is 14.5 Å². The molecular formula is C12H16N4. The summed E-state index contributed by atoms with van der Waals surface area (Å²) in [7, 11) is 0. The minimum Gasteiger partial charge on any atom is -0.326 e. The largest absolute Gasteiger partial charge is 0.326 e. The van der Waals surface area contributed by atoms with E-state index in [2.05, 4.69) is 16.9 Å². The Balaban J connectivity index is 2.51. The predicted octanol–water partition coefficient (Wildman–Crippen LogP) is 1.60. The first-order valence-corrected chi connectivity index (χ1v) is 5.44. The van der Waals surface area contributed by atoms with E-state index in [1.165, 1.54) is 0 Å². The summed E-state index contributed by atoms with van der Waals surface area (Å²) in [5.74, 6) is 1.91. The van der Waals surface area contributed by atoms with Crippen molar-refractivity contribution in [2.75, 3.05) is 0 Å². The average molecular weight is 216 g/mol. The number of nitrogens with two attached hydrogens (primary N) is 1. The zero-order valence-electron chi connectivity index (χ0n) is 9.64. The summed E-state index contributed by atoms with van der Waals surface area (Å²) in [6, 6.07) is 4.01. The first-order valence-electron chi connectivity index (χ1n) is 5.44. The molecule has 0 aliphatic rings. The maximum Gasteiger partial charge on any atom is 0.138 e. The summed E-state index contributed by atoms with van der Waals surface area (Å²) >= 11 is 0. The van der Waals surface area contributed by atoms with Gasteiger partial charge in [0.25, 0.3) is 0 Å². The van der Waals surface area contributed by atoms with E-state index in [1.54, 1.807) is 6.20 Å². The van der Waals surface area contributed by atoms with Gasteiger partial charge in [0.1, 0.15) is 11.6 Å². The van der Waals surface area contributed by atoms with Crippen LogP contribution in [0, 0.1) is 6.92 Å². The van der Waals surface area contributed by atoms with Gasteiger partial charge in [-0.15, -0.1) is 0 Å². The van der Waals surface area contributed by atoms with E-state index in [0.29, 0.717) is 6.54 Å². The number of hydrogen-bond acceptors (Lipinski definition) is 3.